The Balaban J connectivity index is 1.32. The molecular weight excluding hydrogens is 574 g/mol. The zero-order valence-corrected chi connectivity index (χ0v) is 23.9. The van der Waals surface area contributed by atoms with Crippen LogP contribution in [0.3, 0.4) is 0 Å². The fraction of sp³-hybridized carbons (Fsp3) is 0.188. The molecule has 6 rings (SSSR count). The highest BCUT2D eigenvalue weighted by atomic mass is 19.1. The monoisotopic (exact) mass is 600 g/mol. The van der Waals surface area contributed by atoms with Crippen molar-refractivity contribution in [2.45, 2.75) is 20.1 Å². The molecule has 0 radical (unpaired) electrons. The number of fused-ring (bicyclic) bond motifs is 2. The molecule has 0 saturated carbocycles. The SMILES string of the molecule is COc1cc2nccc(Oc3ccc(NC(=O)c4c5n(c(C)c(-c6ccc(F)cc6)c4=O)CCOC5)cc3F)c2nc1OC. The number of methoxy groups -OCH3 is 2. The Bertz CT molecular complexity index is 1980. The van der Waals surface area contributed by atoms with Crippen LogP contribution in [0.2, 0.25) is 0 Å². The lowest BCUT2D eigenvalue weighted by atomic mass is 9.98. The van der Waals surface area contributed by atoms with Crippen LogP contribution in [0.4, 0.5) is 14.5 Å². The van der Waals surface area contributed by atoms with Gasteiger partial charge in [-0.2, -0.15) is 0 Å². The van der Waals surface area contributed by atoms with Gasteiger partial charge in [0.15, 0.2) is 23.1 Å². The van der Waals surface area contributed by atoms with Crippen molar-refractivity contribution >= 4 is 22.6 Å². The molecule has 44 heavy (non-hydrogen) atoms. The topological polar surface area (TPSA) is 114 Å². The van der Waals surface area contributed by atoms with E-state index < -0.39 is 23.0 Å². The number of nitrogens with zero attached hydrogens (tertiary/aromatic N) is 3. The molecule has 4 heterocycles. The largest absolute Gasteiger partial charge is 0.491 e. The highest BCUT2D eigenvalue weighted by Gasteiger charge is 2.27. The van der Waals surface area contributed by atoms with Gasteiger partial charge in [-0.1, -0.05) is 12.1 Å². The van der Waals surface area contributed by atoms with E-state index >= 15 is 4.39 Å². The summed E-state index contributed by atoms with van der Waals surface area (Å²) < 4.78 is 52.7. The van der Waals surface area contributed by atoms with Gasteiger partial charge in [0.2, 0.25) is 5.43 Å². The van der Waals surface area contributed by atoms with Gasteiger partial charge in [-0.25, -0.2) is 13.8 Å². The summed E-state index contributed by atoms with van der Waals surface area (Å²) in [5.41, 5.74) is 2.01. The number of carbonyl (C=O) groups excluding carboxylic acids is 1. The lowest BCUT2D eigenvalue weighted by Gasteiger charge is -2.26. The summed E-state index contributed by atoms with van der Waals surface area (Å²) in [7, 11) is 2.92. The van der Waals surface area contributed by atoms with E-state index in [2.05, 4.69) is 15.3 Å². The highest BCUT2D eigenvalue weighted by molar-refractivity contribution is 6.06. The maximum absolute atomic E-state index is 15.3. The molecule has 0 saturated heterocycles. The van der Waals surface area contributed by atoms with Crippen LogP contribution in [-0.2, 0) is 17.9 Å². The summed E-state index contributed by atoms with van der Waals surface area (Å²) >= 11 is 0. The molecular formula is C32H26F2N4O6. The standard InChI is InChI=1S/C32H26F2N4O6/c1-17-27(18-4-6-19(33)7-5-18)30(39)28(23-16-43-13-12-38(17)23)31(40)36-20-8-9-24(21(34)14-20)44-25-10-11-35-22-15-26(41-2)32(42-3)37-29(22)25/h4-11,14-15H,12-13,16H2,1-3H3,(H,36,40). The highest BCUT2D eigenvalue weighted by Crippen LogP contribution is 2.35. The van der Waals surface area contributed by atoms with Gasteiger partial charge >= 0.3 is 0 Å². The number of ether oxygens (including phenoxy) is 4. The van der Waals surface area contributed by atoms with E-state index in [0.29, 0.717) is 46.9 Å². The van der Waals surface area contributed by atoms with Crippen molar-refractivity contribution in [3.8, 4) is 34.3 Å². The number of amides is 1. The third-order valence-corrected chi connectivity index (χ3v) is 7.32. The molecule has 0 spiro atoms. The molecule has 2 aromatic carbocycles. The van der Waals surface area contributed by atoms with Gasteiger partial charge in [0.1, 0.15) is 16.9 Å². The Kier molecular flexibility index (Phi) is 7.66. The molecule has 3 aromatic heterocycles. The van der Waals surface area contributed by atoms with Crippen LogP contribution < -0.4 is 25.0 Å². The molecule has 1 aliphatic rings. The quantitative estimate of drug-likeness (QED) is 0.256. The minimum Gasteiger partial charge on any atom is -0.491 e. The number of anilines is 1. The molecule has 0 bridgehead atoms. The van der Waals surface area contributed by atoms with Crippen molar-refractivity contribution in [1.29, 1.82) is 0 Å². The van der Waals surface area contributed by atoms with Crippen LogP contribution in [0.5, 0.6) is 23.1 Å². The van der Waals surface area contributed by atoms with E-state index in [-0.39, 0.29) is 40.8 Å². The van der Waals surface area contributed by atoms with Crippen LogP contribution in [0.1, 0.15) is 21.7 Å². The maximum Gasteiger partial charge on any atom is 0.261 e. The Hall–Kier alpha value is -5.36. The first-order valence-electron chi connectivity index (χ1n) is 13.6. The number of rotatable bonds is 7. The van der Waals surface area contributed by atoms with E-state index in [1.165, 1.54) is 62.9 Å². The van der Waals surface area contributed by atoms with Crippen LogP contribution in [-0.4, -0.2) is 41.3 Å². The van der Waals surface area contributed by atoms with E-state index in [1.54, 1.807) is 13.0 Å². The number of benzene rings is 2. The van der Waals surface area contributed by atoms with Crippen molar-refractivity contribution in [1.82, 2.24) is 14.5 Å². The maximum atomic E-state index is 15.3. The van der Waals surface area contributed by atoms with Gasteiger partial charge in [0.05, 0.1) is 38.6 Å². The smallest absolute Gasteiger partial charge is 0.261 e. The average Bonchev–Trinajstić information content (AvgIpc) is 3.02. The molecule has 1 aliphatic heterocycles. The first kappa shape index (κ1) is 28.7. The number of hydrogen-bond acceptors (Lipinski definition) is 8. The summed E-state index contributed by atoms with van der Waals surface area (Å²) in [4.78, 5) is 36.0. The fourth-order valence-electron chi connectivity index (χ4n) is 5.22. The zero-order valence-electron chi connectivity index (χ0n) is 23.9. The fourth-order valence-corrected chi connectivity index (χ4v) is 5.22. The van der Waals surface area contributed by atoms with Crippen LogP contribution in [0.15, 0.2) is 65.6 Å². The summed E-state index contributed by atoms with van der Waals surface area (Å²) in [5.74, 6) is -1.28. The van der Waals surface area contributed by atoms with Crippen molar-refractivity contribution in [3.05, 3.63) is 99.6 Å². The normalized spacial score (nSPS) is 12.5. The minimum absolute atomic E-state index is 0.0499. The molecule has 1 N–H and O–H groups in total. The molecule has 224 valence electrons. The van der Waals surface area contributed by atoms with E-state index in [4.69, 9.17) is 18.9 Å². The van der Waals surface area contributed by atoms with Gasteiger partial charge in [-0.05, 0) is 36.8 Å². The lowest BCUT2D eigenvalue weighted by molar-refractivity contribution is 0.0801. The first-order valence-corrected chi connectivity index (χ1v) is 13.6. The average molecular weight is 601 g/mol. The van der Waals surface area contributed by atoms with E-state index in [1.807, 2.05) is 4.57 Å². The molecule has 10 nitrogen and oxygen atoms in total. The number of halogens is 2. The van der Waals surface area contributed by atoms with Crippen LogP contribution in [0, 0.1) is 18.6 Å². The van der Waals surface area contributed by atoms with Gasteiger partial charge in [-0.3, -0.25) is 14.6 Å². The predicted octanol–water partition coefficient (Wildman–Crippen LogP) is 5.64. The van der Waals surface area contributed by atoms with Gasteiger partial charge < -0.3 is 28.8 Å². The number of carbonyl (C=O) groups is 1. The van der Waals surface area contributed by atoms with Crippen LogP contribution >= 0.6 is 0 Å². The number of hydrogen-bond donors (Lipinski definition) is 1. The predicted molar refractivity (Wildman–Crippen MR) is 158 cm³/mol. The summed E-state index contributed by atoms with van der Waals surface area (Å²) in [6, 6.07) is 12.5. The van der Waals surface area contributed by atoms with Crippen LogP contribution in [0.25, 0.3) is 22.2 Å². The Morgan fingerprint density at radius 2 is 1.80 bits per heavy atom. The second-order valence-electron chi connectivity index (χ2n) is 9.90. The minimum atomic E-state index is -0.772. The Morgan fingerprint density at radius 3 is 2.52 bits per heavy atom. The number of nitrogens with one attached hydrogen (secondary N) is 1. The summed E-state index contributed by atoms with van der Waals surface area (Å²) in [5, 5.41) is 2.63. The van der Waals surface area contributed by atoms with E-state index in [9.17, 15) is 14.0 Å². The van der Waals surface area contributed by atoms with Crippen molar-refractivity contribution in [3.63, 3.8) is 0 Å². The molecule has 12 heteroatoms. The second-order valence-corrected chi connectivity index (χ2v) is 9.90. The number of aromatic nitrogens is 3. The molecule has 5 aromatic rings. The lowest BCUT2D eigenvalue weighted by Crippen LogP contribution is -2.33. The molecule has 0 unspecified atom stereocenters. The third-order valence-electron chi connectivity index (χ3n) is 7.32. The van der Waals surface area contributed by atoms with Gasteiger partial charge in [0.25, 0.3) is 11.8 Å². The molecule has 0 atom stereocenters. The van der Waals surface area contributed by atoms with Crippen molar-refractivity contribution in [2.24, 2.45) is 0 Å². The molecule has 0 fully saturated rings. The summed E-state index contributed by atoms with van der Waals surface area (Å²) in [6.07, 6.45) is 1.49. The molecule has 1 amide bonds. The van der Waals surface area contributed by atoms with Gasteiger partial charge in [-0.15, -0.1) is 0 Å². The van der Waals surface area contributed by atoms with E-state index in [0.717, 1.165) is 6.07 Å². The number of pyridine rings is 3. The zero-order chi connectivity index (χ0) is 31.0. The summed E-state index contributed by atoms with van der Waals surface area (Å²) in [6.45, 7) is 2.65. The first-order chi connectivity index (χ1) is 21.3. The van der Waals surface area contributed by atoms with Crippen molar-refractivity contribution in [2.75, 3.05) is 26.1 Å². The third kappa shape index (κ3) is 5.20. The van der Waals surface area contributed by atoms with Crippen molar-refractivity contribution < 1.29 is 32.5 Å². The Morgan fingerprint density at radius 1 is 1.00 bits per heavy atom. The Labute approximate surface area is 249 Å². The molecule has 0 aliphatic carbocycles. The van der Waals surface area contributed by atoms with Gasteiger partial charge in [0, 0.05) is 47.9 Å². The second kappa shape index (κ2) is 11.7.